The highest BCUT2D eigenvalue weighted by Crippen LogP contribution is 2.29. The molecule has 0 aliphatic rings. The molecular formula is C17H12N2OS2. The highest BCUT2D eigenvalue weighted by molar-refractivity contribution is 7.12. The minimum Gasteiger partial charge on any atom is -0.497 e. The van der Waals surface area contributed by atoms with E-state index in [-0.39, 0.29) is 0 Å². The zero-order chi connectivity index (χ0) is 15.4. The van der Waals surface area contributed by atoms with Crippen LogP contribution in [0.3, 0.4) is 0 Å². The van der Waals surface area contributed by atoms with Gasteiger partial charge in [0.05, 0.1) is 18.4 Å². The lowest BCUT2D eigenvalue weighted by atomic mass is 10.1. The summed E-state index contributed by atoms with van der Waals surface area (Å²) in [6.07, 6.45) is 1.87. The highest BCUT2D eigenvalue weighted by atomic mass is 32.1. The number of rotatable bonds is 4. The SMILES string of the molecule is COc1cccc(-c2csc(/C(C#N)=C\c3cccs3)n2)c1. The van der Waals surface area contributed by atoms with Crippen LogP contribution in [-0.2, 0) is 0 Å². The van der Waals surface area contributed by atoms with Crippen molar-refractivity contribution in [1.29, 1.82) is 5.26 Å². The Morgan fingerprint density at radius 3 is 2.91 bits per heavy atom. The summed E-state index contributed by atoms with van der Waals surface area (Å²) in [4.78, 5) is 5.64. The molecule has 0 aliphatic carbocycles. The first-order chi connectivity index (χ1) is 10.8. The second kappa shape index (κ2) is 6.56. The smallest absolute Gasteiger partial charge is 0.134 e. The standard InChI is InChI=1S/C17H12N2OS2/c1-20-14-5-2-4-12(8-14)16-11-22-17(19-16)13(10-18)9-15-6-3-7-21-15/h2-9,11H,1H3/b13-9-. The van der Waals surface area contributed by atoms with E-state index in [0.29, 0.717) is 5.57 Å². The number of methoxy groups -OCH3 is 1. The number of thiazole rings is 1. The molecule has 3 rings (SSSR count). The predicted octanol–water partition coefficient (Wildman–Crippen LogP) is 4.94. The van der Waals surface area contributed by atoms with Crippen molar-refractivity contribution < 1.29 is 4.74 Å². The second-order valence-electron chi connectivity index (χ2n) is 4.46. The largest absolute Gasteiger partial charge is 0.497 e. The molecule has 3 aromatic rings. The number of nitriles is 1. The van der Waals surface area contributed by atoms with Crippen LogP contribution >= 0.6 is 22.7 Å². The first-order valence-electron chi connectivity index (χ1n) is 6.56. The molecule has 0 unspecified atom stereocenters. The number of benzene rings is 1. The van der Waals surface area contributed by atoms with Gasteiger partial charge < -0.3 is 4.74 Å². The van der Waals surface area contributed by atoms with Crippen molar-refractivity contribution in [3.8, 4) is 23.1 Å². The van der Waals surface area contributed by atoms with E-state index in [1.165, 1.54) is 11.3 Å². The molecular weight excluding hydrogens is 312 g/mol. The number of hydrogen-bond acceptors (Lipinski definition) is 5. The van der Waals surface area contributed by atoms with E-state index >= 15 is 0 Å². The van der Waals surface area contributed by atoms with Crippen LogP contribution in [0.2, 0.25) is 0 Å². The van der Waals surface area contributed by atoms with E-state index < -0.39 is 0 Å². The Morgan fingerprint density at radius 2 is 2.18 bits per heavy atom. The van der Waals surface area contributed by atoms with Gasteiger partial charge in [-0.2, -0.15) is 5.26 Å². The summed E-state index contributed by atoms with van der Waals surface area (Å²) in [6.45, 7) is 0. The van der Waals surface area contributed by atoms with Gasteiger partial charge in [0.1, 0.15) is 16.8 Å². The molecule has 2 heterocycles. The van der Waals surface area contributed by atoms with Crippen molar-refractivity contribution >= 4 is 34.3 Å². The van der Waals surface area contributed by atoms with E-state index in [0.717, 1.165) is 26.9 Å². The molecule has 0 radical (unpaired) electrons. The minimum absolute atomic E-state index is 0.585. The molecule has 1 aromatic carbocycles. The first-order valence-corrected chi connectivity index (χ1v) is 8.31. The van der Waals surface area contributed by atoms with Gasteiger partial charge in [-0.15, -0.1) is 22.7 Å². The molecule has 2 aromatic heterocycles. The Morgan fingerprint density at radius 1 is 1.27 bits per heavy atom. The Balaban J connectivity index is 1.94. The van der Waals surface area contributed by atoms with E-state index in [4.69, 9.17) is 4.74 Å². The Labute approximate surface area is 136 Å². The molecule has 0 spiro atoms. The Hall–Kier alpha value is -2.42. The van der Waals surface area contributed by atoms with E-state index in [1.54, 1.807) is 18.4 Å². The van der Waals surface area contributed by atoms with Crippen LogP contribution in [0.4, 0.5) is 0 Å². The summed E-state index contributed by atoms with van der Waals surface area (Å²) < 4.78 is 5.24. The lowest BCUT2D eigenvalue weighted by Crippen LogP contribution is -1.85. The van der Waals surface area contributed by atoms with Crippen molar-refractivity contribution in [3.63, 3.8) is 0 Å². The third-order valence-corrected chi connectivity index (χ3v) is 4.75. The molecule has 0 aliphatic heterocycles. The topological polar surface area (TPSA) is 45.9 Å². The van der Waals surface area contributed by atoms with Gasteiger partial charge in [0, 0.05) is 15.8 Å². The van der Waals surface area contributed by atoms with Crippen molar-refractivity contribution in [2.24, 2.45) is 0 Å². The summed E-state index contributed by atoms with van der Waals surface area (Å²) in [6, 6.07) is 13.9. The third kappa shape index (κ3) is 3.08. The normalized spacial score (nSPS) is 11.2. The van der Waals surface area contributed by atoms with Crippen LogP contribution in [0, 0.1) is 11.3 Å². The lowest BCUT2D eigenvalue weighted by Gasteiger charge is -2.01. The molecule has 0 N–H and O–H groups in total. The van der Waals surface area contributed by atoms with Gasteiger partial charge in [-0.3, -0.25) is 0 Å². The van der Waals surface area contributed by atoms with Crippen molar-refractivity contribution in [2.75, 3.05) is 7.11 Å². The van der Waals surface area contributed by atoms with E-state index in [1.807, 2.05) is 53.2 Å². The molecule has 0 fully saturated rings. The van der Waals surface area contributed by atoms with E-state index in [9.17, 15) is 5.26 Å². The molecule has 0 bridgehead atoms. The third-order valence-electron chi connectivity index (χ3n) is 3.05. The molecule has 3 nitrogen and oxygen atoms in total. The zero-order valence-corrected chi connectivity index (χ0v) is 13.4. The Bertz CT molecular complexity index is 842. The number of allylic oxidation sites excluding steroid dienone is 1. The van der Waals surface area contributed by atoms with Gasteiger partial charge in [-0.1, -0.05) is 18.2 Å². The maximum Gasteiger partial charge on any atom is 0.134 e. The first kappa shape index (κ1) is 14.5. The average molecular weight is 324 g/mol. The fraction of sp³-hybridized carbons (Fsp3) is 0.0588. The van der Waals surface area contributed by atoms with Gasteiger partial charge in [-0.05, 0) is 29.7 Å². The molecule has 0 saturated heterocycles. The van der Waals surface area contributed by atoms with Gasteiger partial charge in [0.2, 0.25) is 0 Å². The predicted molar refractivity (Wildman–Crippen MR) is 91.9 cm³/mol. The quantitative estimate of drug-likeness (QED) is 0.638. The number of nitrogens with zero attached hydrogens (tertiary/aromatic N) is 2. The molecule has 22 heavy (non-hydrogen) atoms. The van der Waals surface area contributed by atoms with Crippen LogP contribution in [-0.4, -0.2) is 12.1 Å². The molecule has 0 amide bonds. The molecule has 0 atom stereocenters. The molecule has 5 heteroatoms. The lowest BCUT2D eigenvalue weighted by molar-refractivity contribution is 0.415. The van der Waals surface area contributed by atoms with Crippen molar-refractivity contribution in [3.05, 3.63) is 57.0 Å². The summed E-state index contributed by atoms with van der Waals surface area (Å²) in [5, 5.41) is 14.1. The average Bonchev–Trinajstić information content (AvgIpc) is 3.24. The number of thiophene rings is 1. The maximum absolute atomic E-state index is 9.37. The Kier molecular flexibility index (Phi) is 4.33. The van der Waals surface area contributed by atoms with Gasteiger partial charge in [0.25, 0.3) is 0 Å². The highest BCUT2D eigenvalue weighted by Gasteiger charge is 2.10. The van der Waals surface area contributed by atoms with Crippen LogP contribution in [0.25, 0.3) is 22.9 Å². The van der Waals surface area contributed by atoms with Crippen LogP contribution in [0.15, 0.2) is 47.2 Å². The number of hydrogen-bond donors (Lipinski definition) is 0. The van der Waals surface area contributed by atoms with Gasteiger partial charge in [-0.25, -0.2) is 4.98 Å². The molecule has 108 valence electrons. The number of aromatic nitrogens is 1. The summed E-state index contributed by atoms with van der Waals surface area (Å²) in [5.41, 5.74) is 2.42. The molecule has 0 saturated carbocycles. The summed E-state index contributed by atoms with van der Waals surface area (Å²) in [7, 11) is 1.64. The summed E-state index contributed by atoms with van der Waals surface area (Å²) in [5.74, 6) is 0.793. The number of ether oxygens (including phenoxy) is 1. The van der Waals surface area contributed by atoms with E-state index in [2.05, 4.69) is 11.1 Å². The van der Waals surface area contributed by atoms with Gasteiger partial charge >= 0.3 is 0 Å². The van der Waals surface area contributed by atoms with Gasteiger partial charge in [0.15, 0.2) is 0 Å². The van der Waals surface area contributed by atoms with Crippen LogP contribution in [0.1, 0.15) is 9.88 Å². The van der Waals surface area contributed by atoms with Crippen molar-refractivity contribution in [2.45, 2.75) is 0 Å². The summed E-state index contributed by atoms with van der Waals surface area (Å²) >= 11 is 3.08. The van der Waals surface area contributed by atoms with Crippen LogP contribution in [0.5, 0.6) is 5.75 Å². The van der Waals surface area contributed by atoms with Crippen molar-refractivity contribution in [1.82, 2.24) is 4.98 Å². The second-order valence-corrected chi connectivity index (χ2v) is 6.29. The van der Waals surface area contributed by atoms with Crippen LogP contribution < -0.4 is 4.74 Å². The monoisotopic (exact) mass is 324 g/mol. The minimum atomic E-state index is 0.585. The fourth-order valence-electron chi connectivity index (χ4n) is 1.97. The fourth-order valence-corrected chi connectivity index (χ4v) is 3.42. The maximum atomic E-state index is 9.37. The zero-order valence-electron chi connectivity index (χ0n) is 11.8.